The number of benzene rings is 1. The fourth-order valence-electron chi connectivity index (χ4n) is 2.29. The zero-order valence-corrected chi connectivity index (χ0v) is 9.86. The molecule has 1 aromatic rings. The molecule has 1 N–H and O–H groups in total. The van der Waals surface area contributed by atoms with Crippen LogP contribution in [0.15, 0.2) is 24.3 Å². The largest absolute Gasteiger partial charge is 0.493 e. The van der Waals surface area contributed by atoms with Crippen LogP contribution in [0, 0.1) is 5.92 Å². The highest BCUT2D eigenvalue weighted by molar-refractivity contribution is 5.37. The van der Waals surface area contributed by atoms with Crippen molar-refractivity contribution in [1.29, 1.82) is 0 Å². The predicted octanol–water partition coefficient (Wildman–Crippen LogP) is 2.96. The van der Waals surface area contributed by atoms with E-state index >= 15 is 0 Å². The molecule has 0 saturated heterocycles. The van der Waals surface area contributed by atoms with Gasteiger partial charge in [-0.1, -0.05) is 25.1 Å². The molecule has 2 nitrogen and oxygen atoms in total. The monoisotopic (exact) mass is 220 g/mol. The normalized spacial score (nSPS) is 21.0. The zero-order valence-electron chi connectivity index (χ0n) is 9.86. The highest BCUT2D eigenvalue weighted by Gasteiger charge is 2.21. The van der Waals surface area contributed by atoms with Gasteiger partial charge in [0.1, 0.15) is 5.75 Å². The number of fused-ring (bicyclic) bond motifs is 1. The lowest BCUT2D eigenvalue weighted by atomic mass is 9.87. The van der Waals surface area contributed by atoms with E-state index in [2.05, 4.69) is 25.1 Å². The first-order chi connectivity index (χ1) is 7.81. The highest BCUT2D eigenvalue weighted by Crippen LogP contribution is 2.36. The molecule has 0 aromatic heterocycles. The summed E-state index contributed by atoms with van der Waals surface area (Å²) < 4.78 is 5.64. The third kappa shape index (κ3) is 2.56. The van der Waals surface area contributed by atoms with E-state index in [1.54, 1.807) is 0 Å². The number of aliphatic hydroxyl groups excluding tert-OH is 1. The maximum atomic E-state index is 9.03. The van der Waals surface area contributed by atoms with E-state index in [1.807, 2.05) is 6.07 Å². The van der Waals surface area contributed by atoms with Crippen LogP contribution in [0.3, 0.4) is 0 Å². The number of hydrogen-bond donors (Lipinski definition) is 1. The third-order valence-electron chi connectivity index (χ3n) is 3.40. The molecule has 0 bridgehead atoms. The van der Waals surface area contributed by atoms with Gasteiger partial charge in [0.15, 0.2) is 0 Å². The quantitative estimate of drug-likeness (QED) is 0.845. The van der Waals surface area contributed by atoms with Gasteiger partial charge in [0.05, 0.1) is 6.61 Å². The van der Waals surface area contributed by atoms with Crippen molar-refractivity contribution in [3.05, 3.63) is 29.8 Å². The number of rotatable bonds is 4. The molecule has 16 heavy (non-hydrogen) atoms. The molecular weight excluding hydrogens is 200 g/mol. The van der Waals surface area contributed by atoms with Gasteiger partial charge in [-0.3, -0.25) is 0 Å². The number of aliphatic hydroxyl groups is 1. The molecule has 88 valence electrons. The number of para-hydroxylation sites is 1. The zero-order chi connectivity index (χ0) is 11.4. The lowest BCUT2D eigenvalue weighted by molar-refractivity contribution is 0.216. The van der Waals surface area contributed by atoms with Crippen molar-refractivity contribution >= 4 is 0 Å². The summed E-state index contributed by atoms with van der Waals surface area (Å²) in [5, 5.41) is 9.03. The van der Waals surface area contributed by atoms with E-state index in [1.165, 1.54) is 5.56 Å². The summed E-state index contributed by atoms with van der Waals surface area (Å²) in [6.45, 7) is 3.23. The van der Waals surface area contributed by atoms with Crippen LogP contribution >= 0.6 is 0 Å². The van der Waals surface area contributed by atoms with E-state index in [4.69, 9.17) is 9.84 Å². The molecule has 2 atom stereocenters. The van der Waals surface area contributed by atoms with Gasteiger partial charge in [0.2, 0.25) is 0 Å². The van der Waals surface area contributed by atoms with Crippen LogP contribution in [-0.2, 0) is 0 Å². The van der Waals surface area contributed by atoms with E-state index in [-0.39, 0.29) is 0 Å². The molecule has 2 heteroatoms. The third-order valence-corrected chi connectivity index (χ3v) is 3.40. The average Bonchev–Trinajstić information content (AvgIpc) is 2.35. The number of ether oxygens (including phenoxy) is 1. The Morgan fingerprint density at radius 3 is 3.06 bits per heavy atom. The first-order valence-corrected chi connectivity index (χ1v) is 6.14. The molecule has 1 heterocycles. The summed E-state index contributed by atoms with van der Waals surface area (Å²) in [5.74, 6) is 2.07. The molecule has 1 aliphatic heterocycles. The van der Waals surface area contributed by atoms with Crippen LogP contribution in [0.25, 0.3) is 0 Å². The Hall–Kier alpha value is -1.02. The highest BCUT2D eigenvalue weighted by atomic mass is 16.5. The molecular formula is C14H20O2. The van der Waals surface area contributed by atoms with Crippen molar-refractivity contribution in [2.75, 3.05) is 13.2 Å². The summed E-state index contributed by atoms with van der Waals surface area (Å²) in [6.07, 6.45) is 3.35. The minimum Gasteiger partial charge on any atom is -0.493 e. The minimum absolute atomic E-state index is 0.296. The van der Waals surface area contributed by atoms with Gasteiger partial charge in [-0.2, -0.15) is 0 Å². The molecule has 0 radical (unpaired) electrons. The van der Waals surface area contributed by atoms with Crippen LogP contribution in [0.2, 0.25) is 0 Å². The molecule has 0 amide bonds. The molecule has 1 aliphatic rings. The topological polar surface area (TPSA) is 29.5 Å². The van der Waals surface area contributed by atoms with Gasteiger partial charge >= 0.3 is 0 Å². The molecule has 0 spiro atoms. The Morgan fingerprint density at radius 1 is 1.44 bits per heavy atom. The van der Waals surface area contributed by atoms with Crippen molar-refractivity contribution in [2.45, 2.75) is 32.1 Å². The second kappa shape index (κ2) is 5.35. The van der Waals surface area contributed by atoms with Gasteiger partial charge in [0, 0.05) is 6.61 Å². The fourth-order valence-corrected chi connectivity index (χ4v) is 2.29. The van der Waals surface area contributed by atoms with Crippen molar-refractivity contribution in [3.8, 4) is 5.75 Å². The smallest absolute Gasteiger partial charge is 0.122 e. The second-order valence-electron chi connectivity index (χ2n) is 4.74. The fraction of sp³-hybridized carbons (Fsp3) is 0.571. The van der Waals surface area contributed by atoms with Crippen LogP contribution in [0.1, 0.15) is 37.7 Å². The van der Waals surface area contributed by atoms with Crippen molar-refractivity contribution in [1.82, 2.24) is 0 Å². The molecule has 1 aromatic carbocycles. The summed E-state index contributed by atoms with van der Waals surface area (Å²) >= 11 is 0. The molecule has 0 saturated carbocycles. The molecule has 0 aliphatic carbocycles. The summed E-state index contributed by atoms with van der Waals surface area (Å²) in [7, 11) is 0. The Bertz CT molecular complexity index is 335. The molecule has 2 unspecified atom stereocenters. The van der Waals surface area contributed by atoms with Crippen LogP contribution in [-0.4, -0.2) is 18.3 Å². The van der Waals surface area contributed by atoms with Crippen molar-refractivity contribution in [2.24, 2.45) is 5.92 Å². The second-order valence-corrected chi connectivity index (χ2v) is 4.74. The Morgan fingerprint density at radius 2 is 2.25 bits per heavy atom. The van der Waals surface area contributed by atoms with Gasteiger partial charge < -0.3 is 9.84 Å². The lowest BCUT2D eigenvalue weighted by Gasteiger charge is -2.26. The number of hydrogen-bond acceptors (Lipinski definition) is 2. The summed E-state index contributed by atoms with van der Waals surface area (Å²) in [5.41, 5.74) is 1.35. The first-order valence-electron chi connectivity index (χ1n) is 6.14. The van der Waals surface area contributed by atoms with Crippen LogP contribution < -0.4 is 4.74 Å². The summed E-state index contributed by atoms with van der Waals surface area (Å²) in [6, 6.07) is 8.33. The SMILES string of the molecule is CC(CO)CCC1CCOc2ccccc21. The molecule has 2 rings (SSSR count). The first kappa shape index (κ1) is 11.5. The predicted molar refractivity (Wildman–Crippen MR) is 64.8 cm³/mol. The Labute approximate surface area is 97.3 Å². The van der Waals surface area contributed by atoms with E-state index in [0.29, 0.717) is 18.4 Å². The molecule has 0 fully saturated rings. The van der Waals surface area contributed by atoms with Gasteiger partial charge in [-0.05, 0) is 42.7 Å². The lowest BCUT2D eigenvalue weighted by Crippen LogP contribution is -2.15. The average molecular weight is 220 g/mol. The Kier molecular flexibility index (Phi) is 3.83. The van der Waals surface area contributed by atoms with E-state index in [0.717, 1.165) is 31.6 Å². The van der Waals surface area contributed by atoms with Crippen LogP contribution in [0.5, 0.6) is 5.75 Å². The summed E-state index contributed by atoms with van der Waals surface area (Å²) in [4.78, 5) is 0. The van der Waals surface area contributed by atoms with Crippen molar-refractivity contribution < 1.29 is 9.84 Å². The maximum Gasteiger partial charge on any atom is 0.122 e. The Balaban J connectivity index is 2.01. The van der Waals surface area contributed by atoms with Gasteiger partial charge in [-0.25, -0.2) is 0 Å². The van der Waals surface area contributed by atoms with Crippen molar-refractivity contribution in [3.63, 3.8) is 0 Å². The minimum atomic E-state index is 0.296. The van der Waals surface area contributed by atoms with E-state index in [9.17, 15) is 0 Å². The standard InChI is InChI=1S/C14H20O2/c1-11(10-15)6-7-12-8-9-16-14-5-3-2-4-13(12)14/h2-5,11-12,15H,6-10H2,1H3. The van der Waals surface area contributed by atoms with Gasteiger partial charge in [0.25, 0.3) is 0 Å². The van der Waals surface area contributed by atoms with Gasteiger partial charge in [-0.15, -0.1) is 0 Å². The van der Waals surface area contributed by atoms with Crippen LogP contribution in [0.4, 0.5) is 0 Å². The maximum absolute atomic E-state index is 9.03. The van der Waals surface area contributed by atoms with E-state index < -0.39 is 0 Å².